The second-order valence-corrected chi connectivity index (χ2v) is 4.42. The highest BCUT2D eigenvalue weighted by molar-refractivity contribution is 5.23. The number of aryl methyl sites for hydroxylation is 1. The van der Waals surface area contributed by atoms with Crippen molar-refractivity contribution in [3.8, 4) is 5.75 Å². The number of aromatic nitrogens is 2. The SMILES string of the molecule is CCNCc1ccc(COc2cnn(CC)c2)cc1. The normalized spacial score (nSPS) is 10.6. The average Bonchev–Trinajstić information content (AvgIpc) is 2.92. The zero-order valence-electron chi connectivity index (χ0n) is 11.6. The molecule has 0 unspecified atom stereocenters. The maximum absolute atomic E-state index is 5.70. The molecule has 0 amide bonds. The zero-order valence-corrected chi connectivity index (χ0v) is 11.6. The van der Waals surface area contributed by atoms with E-state index in [1.807, 2.05) is 10.9 Å². The lowest BCUT2D eigenvalue weighted by Crippen LogP contribution is -2.11. The molecule has 2 rings (SSSR count). The highest BCUT2D eigenvalue weighted by Gasteiger charge is 1.99. The molecule has 102 valence electrons. The summed E-state index contributed by atoms with van der Waals surface area (Å²) in [7, 11) is 0. The van der Waals surface area contributed by atoms with E-state index in [1.54, 1.807) is 6.20 Å². The van der Waals surface area contributed by atoms with Gasteiger partial charge in [0, 0.05) is 13.1 Å². The van der Waals surface area contributed by atoms with Crippen molar-refractivity contribution in [1.29, 1.82) is 0 Å². The maximum Gasteiger partial charge on any atom is 0.157 e. The number of nitrogens with zero attached hydrogens (tertiary/aromatic N) is 2. The molecule has 0 atom stereocenters. The molecule has 0 saturated heterocycles. The summed E-state index contributed by atoms with van der Waals surface area (Å²) in [5.41, 5.74) is 2.47. The van der Waals surface area contributed by atoms with Crippen molar-refractivity contribution in [3.63, 3.8) is 0 Å². The Hall–Kier alpha value is -1.81. The molecule has 0 aliphatic carbocycles. The third kappa shape index (κ3) is 4.10. The van der Waals surface area contributed by atoms with Crippen molar-refractivity contribution in [2.24, 2.45) is 0 Å². The minimum absolute atomic E-state index is 0.580. The van der Waals surface area contributed by atoms with E-state index in [0.717, 1.165) is 25.4 Å². The topological polar surface area (TPSA) is 39.1 Å². The van der Waals surface area contributed by atoms with Gasteiger partial charge < -0.3 is 10.1 Å². The van der Waals surface area contributed by atoms with Gasteiger partial charge in [0.1, 0.15) is 6.61 Å². The van der Waals surface area contributed by atoms with Gasteiger partial charge in [-0.1, -0.05) is 31.2 Å². The van der Waals surface area contributed by atoms with Crippen molar-refractivity contribution in [3.05, 3.63) is 47.8 Å². The summed E-state index contributed by atoms with van der Waals surface area (Å²) in [6.07, 6.45) is 3.67. The molecule has 0 saturated carbocycles. The predicted octanol–water partition coefficient (Wildman–Crippen LogP) is 2.59. The molecule has 0 bridgehead atoms. The Morgan fingerprint density at radius 3 is 2.53 bits per heavy atom. The van der Waals surface area contributed by atoms with E-state index in [2.05, 4.69) is 48.5 Å². The van der Waals surface area contributed by atoms with Crippen LogP contribution in [0.1, 0.15) is 25.0 Å². The van der Waals surface area contributed by atoms with Crippen molar-refractivity contribution < 1.29 is 4.74 Å². The van der Waals surface area contributed by atoms with Gasteiger partial charge in [-0.2, -0.15) is 5.10 Å². The Balaban J connectivity index is 1.85. The molecule has 1 heterocycles. The van der Waals surface area contributed by atoms with E-state index >= 15 is 0 Å². The van der Waals surface area contributed by atoms with E-state index < -0.39 is 0 Å². The molecule has 4 heteroatoms. The molecule has 1 aromatic carbocycles. The van der Waals surface area contributed by atoms with Gasteiger partial charge in [0.2, 0.25) is 0 Å². The lowest BCUT2D eigenvalue weighted by Gasteiger charge is -2.06. The van der Waals surface area contributed by atoms with Gasteiger partial charge >= 0.3 is 0 Å². The first-order chi connectivity index (χ1) is 9.31. The minimum atomic E-state index is 0.580. The van der Waals surface area contributed by atoms with Gasteiger partial charge in [0.15, 0.2) is 5.75 Å². The molecule has 0 aliphatic heterocycles. The highest BCUT2D eigenvalue weighted by atomic mass is 16.5. The summed E-state index contributed by atoms with van der Waals surface area (Å²) in [4.78, 5) is 0. The number of hydrogen-bond acceptors (Lipinski definition) is 3. The smallest absolute Gasteiger partial charge is 0.157 e. The van der Waals surface area contributed by atoms with Crippen LogP contribution in [0.2, 0.25) is 0 Å². The van der Waals surface area contributed by atoms with E-state index in [-0.39, 0.29) is 0 Å². The Bertz CT molecular complexity index is 490. The Morgan fingerprint density at radius 1 is 1.16 bits per heavy atom. The molecule has 0 fully saturated rings. The van der Waals surface area contributed by atoms with E-state index in [1.165, 1.54) is 11.1 Å². The number of benzene rings is 1. The predicted molar refractivity (Wildman–Crippen MR) is 76.1 cm³/mol. The summed E-state index contributed by atoms with van der Waals surface area (Å²) >= 11 is 0. The van der Waals surface area contributed by atoms with Crippen molar-refractivity contribution >= 4 is 0 Å². The Kier molecular flexibility index (Phi) is 4.98. The summed E-state index contributed by atoms with van der Waals surface area (Å²) < 4.78 is 7.55. The number of ether oxygens (including phenoxy) is 1. The van der Waals surface area contributed by atoms with E-state index in [9.17, 15) is 0 Å². The molecule has 0 aliphatic rings. The largest absolute Gasteiger partial charge is 0.486 e. The first kappa shape index (κ1) is 13.6. The van der Waals surface area contributed by atoms with Crippen LogP contribution >= 0.6 is 0 Å². The standard InChI is InChI=1S/C15H21N3O/c1-3-16-9-13-5-7-14(8-6-13)12-19-15-10-17-18(4-2)11-15/h5-8,10-11,16H,3-4,9,12H2,1-2H3. The fraction of sp³-hybridized carbons (Fsp3) is 0.400. The fourth-order valence-corrected chi connectivity index (χ4v) is 1.78. The fourth-order valence-electron chi connectivity index (χ4n) is 1.78. The second kappa shape index (κ2) is 6.95. The van der Waals surface area contributed by atoms with Crippen LogP contribution < -0.4 is 10.1 Å². The summed E-state index contributed by atoms with van der Waals surface area (Å²) in [6.45, 7) is 7.52. The zero-order chi connectivity index (χ0) is 13.5. The van der Waals surface area contributed by atoms with Crippen LogP contribution in [0.15, 0.2) is 36.7 Å². The lowest BCUT2D eigenvalue weighted by molar-refractivity contribution is 0.305. The van der Waals surface area contributed by atoms with Gasteiger partial charge in [-0.25, -0.2) is 0 Å². The van der Waals surface area contributed by atoms with E-state index in [4.69, 9.17) is 4.74 Å². The van der Waals surface area contributed by atoms with Gasteiger partial charge in [-0.05, 0) is 24.6 Å². The third-order valence-corrected chi connectivity index (χ3v) is 2.94. The van der Waals surface area contributed by atoms with Crippen LogP contribution in [-0.2, 0) is 19.7 Å². The molecule has 19 heavy (non-hydrogen) atoms. The molecule has 0 spiro atoms. The van der Waals surface area contributed by atoms with Crippen LogP contribution in [0, 0.1) is 0 Å². The number of nitrogens with one attached hydrogen (secondary N) is 1. The lowest BCUT2D eigenvalue weighted by atomic mass is 10.1. The summed E-state index contributed by atoms with van der Waals surface area (Å²) in [6, 6.07) is 8.49. The Morgan fingerprint density at radius 2 is 1.89 bits per heavy atom. The van der Waals surface area contributed by atoms with Gasteiger partial charge in [-0.3, -0.25) is 4.68 Å². The molecule has 4 nitrogen and oxygen atoms in total. The summed E-state index contributed by atoms with van der Waals surface area (Å²) in [5, 5.41) is 7.49. The first-order valence-corrected chi connectivity index (χ1v) is 6.75. The third-order valence-electron chi connectivity index (χ3n) is 2.94. The second-order valence-electron chi connectivity index (χ2n) is 4.42. The first-order valence-electron chi connectivity index (χ1n) is 6.75. The average molecular weight is 259 g/mol. The molecule has 0 radical (unpaired) electrons. The summed E-state index contributed by atoms with van der Waals surface area (Å²) in [5.74, 6) is 0.818. The van der Waals surface area contributed by atoms with Crippen LogP contribution in [0.5, 0.6) is 5.75 Å². The van der Waals surface area contributed by atoms with Crippen LogP contribution in [-0.4, -0.2) is 16.3 Å². The van der Waals surface area contributed by atoms with Crippen LogP contribution in [0.3, 0.4) is 0 Å². The molecular weight excluding hydrogens is 238 g/mol. The quantitative estimate of drug-likeness (QED) is 0.830. The number of rotatable bonds is 7. The van der Waals surface area contributed by atoms with Gasteiger partial charge in [0.05, 0.1) is 12.4 Å². The molecule has 1 aromatic heterocycles. The Labute approximate surface area is 114 Å². The molecular formula is C15H21N3O. The van der Waals surface area contributed by atoms with Gasteiger partial charge in [-0.15, -0.1) is 0 Å². The van der Waals surface area contributed by atoms with Crippen molar-refractivity contribution in [2.75, 3.05) is 6.54 Å². The maximum atomic E-state index is 5.70. The monoisotopic (exact) mass is 259 g/mol. The van der Waals surface area contributed by atoms with Crippen molar-refractivity contribution in [1.82, 2.24) is 15.1 Å². The minimum Gasteiger partial charge on any atom is -0.486 e. The van der Waals surface area contributed by atoms with Crippen LogP contribution in [0.25, 0.3) is 0 Å². The molecule has 2 aromatic rings. The van der Waals surface area contributed by atoms with Gasteiger partial charge in [0.25, 0.3) is 0 Å². The number of hydrogen-bond donors (Lipinski definition) is 1. The molecule has 1 N–H and O–H groups in total. The van der Waals surface area contributed by atoms with Crippen molar-refractivity contribution in [2.45, 2.75) is 33.5 Å². The van der Waals surface area contributed by atoms with Crippen LogP contribution in [0.4, 0.5) is 0 Å². The van der Waals surface area contributed by atoms with E-state index in [0.29, 0.717) is 6.61 Å². The highest BCUT2D eigenvalue weighted by Crippen LogP contribution is 2.12.